The summed E-state index contributed by atoms with van der Waals surface area (Å²) in [7, 11) is 1.62. The maximum Gasteiger partial charge on any atom is 0.573 e. The predicted octanol–water partition coefficient (Wildman–Crippen LogP) is 4.47. The molecule has 2 aromatic heterocycles. The summed E-state index contributed by atoms with van der Waals surface area (Å²) in [5.41, 5.74) is 1.35. The average molecular weight is 456 g/mol. The molecule has 3 heterocycles. The lowest BCUT2D eigenvalue weighted by molar-refractivity contribution is -0.274. The second kappa shape index (κ2) is 7.12. The highest BCUT2D eigenvalue weighted by molar-refractivity contribution is 6.38. The Labute approximate surface area is 182 Å². The van der Waals surface area contributed by atoms with Crippen molar-refractivity contribution < 1.29 is 31.9 Å². The SMILES string of the molecule is Cn1nc(-c2ccc(F)cc2)c2c3c(cnc21)C(=O)N(c1ccc(OC(F)(F)F)cc1)C3=O. The van der Waals surface area contributed by atoms with Crippen LogP contribution in [0.2, 0.25) is 0 Å². The van der Waals surface area contributed by atoms with E-state index in [9.17, 15) is 27.2 Å². The van der Waals surface area contributed by atoms with Gasteiger partial charge in [0.2, 0.25) is 0 Å². The van der Waals surface area contributed by atoms with E-state index in [2.05, 4.69) is 14.8 Å². The zero-order chi connectivity index (χ0) is 23.5. The number of aromatic nitrogens is 3. The fourth-order valence-electron chi connectivity index (χ4n) is 3.77. The monoisotopic (exact) mass is 456 g/mol. The number of carbonyl (C=O) groups excluding carboxylic acids is 2. The zero-order valence-corrected chi connectivity index (χ0v) is 16.7. The van der Waals surface area contributed by atoms with Gasteiger partial charge in [-0.15, -0.1) is 13.2 Å². The van der Waals surface area contributed by atoms with E-state index in [0.29, 0.717) is 22.3 Å². The standard InChI is InChI=1S/C22H12F4N4O3/c1-29-19-17(18(28-29)11-2-4-12(23)5-3-11)16-15(10-27-19)20(31)30(21(16)32)13-6-8-14(9-7-13)33-22(24,25)26/h2-10H,1H3. The van der Waals surface area contributed by atoms with Crippen molar-refractivity contribution in [2.45, 2.75) is 6.36 Å². The van der Waals surface area contributed by atoms with Crippen molar-refractivity contribution in [1.82, 2.24) is 14.8 Å². The second-order valence-corrected chi connectivity index (χ2v) is 7.21. The largest absolute Gasteiger partial charge is 0.573 e. The topological polar surface area (TPSA) is 77.3 Å². The van der Waals surface area contributed by atoms with Gasteiger partial charge < -0.3 is 4.74 Å². The third-order valence-corrected chi connectivity index (χ3v) is 5.15. The lowest BCUT2D eigenvalue weighted by Gasteiger charge is -2.15. The van der Waals surface area contributed by atoms with Gasteiger partial charge in [0.25, 0.3) is 11.8 Å². The molecule has 0 fully saturated rings. The van der Waals surface area contributed by atoms with E-state index in [1.165, 1.54) is 47.3 Å². The molecule has 0 N–H and O–H groups in total. The highest BCUT2D eigenvalue weighted by Gasteiger charge is 2.40. The Balaban J connectivity index is 1.61. The van der Waals surface area contributed by atoms with Crippen LogP contribution in [0.1, 0.15) is 20.7 Å². The van der Waals surface area contributed by atoms with Crippen LogP contribution >= 0.6 is 0 Å². The number of imide groups is 1. The summed E-state index contributed by atoms with van der Waals surface area (Å²) in [6.07, 6.45) is -3.61. The van der Waals surface area contributed by atoms with Crippen molar-refractivity contribution in [1.29, 1.82) is 0 Å². The second-order valence-electron chi connectivity index (χ2n) is 7.21. The summed E-state index contributed by atoms with van der Waals surface area (Å²) in [5.74, 6) is -2.29. The van der Waals surface area contributed by atoms with Gasteiger partial charge in [0.1, 0.15) is 17.3 Å². The van der Waals surface area contributed by atoms with Gasteiger partial charge in [0, 0.05) is 18.8 Å². The summed E-state index contributed by atoms with van der Waals surface area (Å²) >= 11 is 0. The normalized spacial score (nSPS) is 13.7. The van der Waals surface area contributed by atoms with E-state index in [0.717, 1.165) is 17.0 Å². The highest BCUT2D eigenvalue weighted by atomic mass is 19.4. The Kier molecular flexibility index (Phi) is 4.45. The predicted molar refractivity (Wildman–Crippen MR) is 108 cm³/mol. The Hall–Kier alpha value is -4.28. The molecule has 0 spiro atoms. The third-order valence-electron chi connectivity index (χ3n) is 5.15. The number of aryl methyl sites for hydroxylation is 1. The molecule has 166 valence electrons. The third kappa shape index (κ3) is 3.37. The molecule has 33 heavy (non-hydrogen) atoms. The van der Waals surface area contributed by atoms with Gasteiger partial charge in [-0.2, -0.15) is 5.10 Å². The summed E-state index contributed by atoms with van der Waals surface area (Å²) in [5, 5.41) is 4.72. The maximum absolute atomic E-state index is 13.4. The van der Waals surface area contributed by atoms with Gasteiger partial charge in [-0.25, -0.2) is 19.0 Å². The molecule has 0 saturated heterocycles. The minimum Gasteiger partial charge on any atom is -0.406 e. The molecule has 7 nitrogen and oxygen atoms in total. The molecule has 0 bridgehead atoms. The van der Waals surface area contributed by atoms with Crippen molar-refractivity contribution in [2.75, 3.05) is 4.90 Å². The fourth-order valence-corrected chi connectivity index (χ4v) is 3.77. The number of nitrogens with zero attached hydrogens (tertiary/aromatic N) is 4. The van der Waals surface area contributed by atoms with Crippen LogP contribution in [0.5, 0.6) is 5.75 Å². The number of fused-ring (bicyclic) bond motifs is 3. The Morgan fingerprint density at radius 3 is 2.24 bits per heavy atom. The van der Waals surface area contributed by atoms with Crippen LogP contribution in [0.4, 0.5) is 23.2 Å². The van der Waals surface area contributed by atoms with Gasteiger partial charge in [-0.1, -0.05) is 0 Å². The minimum atomic E-state index is -4.87. The first-order chi connectivity index (χ1) is 15.6. The number of alkyl halides is 3. The lowest BCUT2D eigenvalue weighted by Crippen LogP contribution is -2.29. The van der Waals surface area contributed by atoms with Crippen LogP contribution in [0.3, 0.4) is 0 Å². The molecular weight excluding hydrogens is 444 g/mol. The van der Waals surface area contributed by atoms with Gasteiger partial charge in [0.15, 0.2) is 5.65 Å². The highest BCUT2D eigenvalue weighted by Crippen LogP contribution is 2.37. The molecule has 2 aromatic carbocycles. The summed E-state index contributed by atoms with van der Waals surface area (Å²) in [4.78, 5) is 31.5. The Bertz CT molecular complexity index is 1430. The molecule has 1 aliphatic heterocycles. The van der Waals surface area contributed by atoms with Crippen LogP contribution in [-0.2, 0) is 7.05 Å². The van der Waals surface area contributed by atoms with Gasteiger partial charge >= 0.3 is 6.36 Å². The van der Waals surface area contributed by atoms with E-state index in [-0.39, 0.29) is 16.8 Å². The first-order valence-electron chi connectivity index (χ1n) is 9.50. The molecule has 11 heteroatoms. The molecule has 0 saturated carbocycles. The Morgan fingerprint density at radius 2 is 1.61 bits per heavy atom. The number of hydrogen-bond donors (Lipinski definition) is 0. The minimum absolute atomic E-state index is 0.0273. The van der Waals surface area contributed by atoms with Crippen molar-refractivity contribution in [2.24, 2.45) is 7.05 Å². The molecule has 2 amide bonds. The van der Waals surface area contributed by atoms with Crippen LogP contribution < -0.4 is 9.64 Å². The van der Waals surface area contributed by atoms with Crippen LogP contribution in [0, 0.1) is 5.82 Å². The van der Waals surface area contributed by atoms with Gasteiger partial charge in [0.05, 0.1) is 22.2 Å². The summed E-state index contributed by atoms with van der Waals surface area (Å²) in [6, 6.07) is 9.85. The Morgan fingerprint density at radius 1 is 0.939 bits per heavy atom. The maximum atomic E-state index is 13.4. The van der Waals surface area contributed by atoms with E-state index >= 15 is 0 Å². The molecule has 0 atom stereocenters. The number of benzene rings is 2. The fraction of sp³-hybridized carbons (Fsp3) is 0.0909. The average Bonchev–Trinajstić information content (AvgIpc) is 3.22. The number of carbonyl (C=O) groups is 2. The van der Waals surface area contributed by atoms with Crippen LogP contribution in [0.15, 0.2) is 54.7 Å². The first kappa shape index (κ1) is 20.6. The van der Waals surface area contributed by atoms with Crippen molar-refractivity contribution in [3.05, 3.63) is 71.7 Å². The molecule has 0 unspecified atom stereocenters. The first-order valence-corrected chi connectivity index (χ1v) is 9.50. The van der Waals surface area contributed by atoms with E-state index in [1.807, 2.05) is 0 Å². The van der Waals surface area contributed by atoms with E-state index < -0.39 is 29.7 Å². The number of halogens is 4. The lowest BCUT2D eigenvalue weighted by atomic mass is 10.0. The summed E-state index contributed by atoms with van der Waals surface area (Å²) in [6.45, 7) is 0. The molecule has 5 rings (SSSR count). The van der Waals surface area contributed by atoms with Gasteiger partial charge in [-0.3, -0.25) is 9.59 Å². The summed E-state index contributed by atoms with van der Waals surface area (Å²) < 4.78 is 55.9. The van der Waals surface area contributed by atoms with E-state index in [1.54, 1.807) is 7.05 Å². The number of rotatable bonds is 3. The van der Waals surface area contributed by atoms with Crippen molar-refractivity contribution in [3.8, 4) is 17.0 Å². The van der Waals surface area contributed by atoms with Crippen molar-refractivity contribution >= 4 is 28.5 Å². The van der Waals surface area contributed by atoms with Crippen molar-refractivity contribution in [3.63, 3.8) is 0 Å². The molecule has 0 radical (unpaired) electrons. The zero-order valence-electron chi connectivity index (χ0n) is 16.7. The number of pyridine rings is 1. The smallest absolute Gasteiger partial charge is 0.406 e. The van der Waals surface area contributed by atoms with Gasteiger partial charge in [-0.05, 0) is 48.5 Å². The van der Waals surface area contributed by atoms with Crippen LogP contribution in [-0.4, -0.2) is 32.9 Å². The molecule has 0 aliphatic carbocycles. The number of hydrogen-bond acceptors (Lipinski definition) is 5. The molecule has 1 aliphatic rings. The number of ether oxygens (including phenoxy) is 1. The quantitative estimate of drug-likeness (QED) is 0.336. The molecule has 4 aromatic rings. The van der Waals surface area contributed by atoms with Crippen LogP contribution in [0.25, 0.3) is 22.3 Å². The molecular formula is C22H12F4N4O3. The number of amides is 2. The van der Waals surface area contributed by atoms with E-state index in [4.69, 9.17) is 0 Å². The number of anilines is 1.